The third-order valence-corrected chi connectivity index (χ3v) is 6.79. The van der Waals surface area contributed by atoms with E-state index in [-0.39, 0.29) is 0 Å². The molecule has 1 N–H and O–H groups in total. The van der Waals surface area contributed by atoms with Crippen molar-refractivity contribution in [3.05, 3.63) is 29.3 Å². The summed E-state index contributed by atoms with van der Waals surface area (Å²) in [4.78, 5) is 2.83. The second kappa shape index (κ2) is 6.12. The summed E-state index contributed by atoms with van der Waals surface area (Å²) >= 11 is 0. The molecule has 126 valence electrons. The highest BCUT2D eigenvalue weighted by Crippen LogP contribution is 2.45. The second-order valence-electron chi connectivity index (χ2n) is 8.50. The van der Waals surface area contributed by atoms with Gasteiger partial charge in [-0.25, -0.2) is 0 Å². The summed E-state index contributed by atoms with van der Waals surface area (Å²) in [6.45, 7) is 8.44. The minimum absolute atomic E-state index is 0.411. The first kappa shape index (κ1) is 15.5. The van der Waals surface area contributed by atoms with Gasteiger partial charge in [0.2, 0.25) is 0 Å². The van der Waals surface area contributed by atoms with Crippen LogP contribution in [0, 0.1) is 12.8 Å². The fraction of sp³-hybridized carbons (Fsp3) is 0.714. The molecule has 2 aliphatic heterocycles. The summed E-state index contributed by atoms with van der Waals surface area (Å²) in [6.07, 6.45) is 9.88. The number of anilines is 1. The standard InChI is InChI=1S/C21H32N2/c1-16-5-3-4-6-18(13-16)23-11-9-21(10-12-23)15-22-20-8-7-17(2)14-19(20)21/h7-8,14,16,18,22H,3-6,9-13,15H2,1-2H3. The van der Waals surface area contributed by atoms with E-state index in [0.717, 1.165) is 18.5 Å². The molecule has 2 nitrogen and oxygen atoms in total. The SMILES string of the molecule is Cc1ccc2c(c1)C1(CCN(C3CCCCC(C)C3)CC1)CN2. The summed E-state index contributed by atoms with van der Waals surface area (Å²) < 4.78 is 0. The van der Waals surface area contributed by atoms with Gasteiger partial charge in [0.25, 0.3) is 0 Å². The zero-order valence-electron chi connectivity index (χ0n) is 14.9. The van der Waals surface area contributed by atoms with Crippen LogP contribution < -0.4 is 5.32 Å². The molecule has 1 spiro atoms. The van der Waals surface area contributed by atoms with Gasteiger partial charge in [-0.3, -0.25) is 0 Å². The predicted molar refractivity (Wildman–Crippen MR) is 98.2 cm³/mol. The van der Waals surface area contributed by atoms with Crippen LogP contribution in [-0.2, 0) is 5.41 Å². The molecule has 1 saturated heterocycles. The molecule has 3 aliphatic rings. The first-order chi connectivity index (χ1) is 11.2. The molecule has 2 atom stereocenters. The van der Waals surface area contributed by atoms with Crippen LogP contribution in [0.3, 0.4) is 0 Å². The summed E-state index contributed by atoms with van der Waals surface area (Å²) in [6, 6.07) is 7.83. The Balaban J connectivity index is 1.47. The minimum Gasteiger partial charge on any atom is -0.384 e. The molecule has 2 unspecified atom stereocenters. The number of hydrogen-bond donors (Lipinski definition) is 1. The Kier molecular flexibility index (Phi) is 4.13. The first-order valence-electron chi connectivity index (χ1n) is 9.75. The Hall–Kier alpha value is -1.02. The van der Waals surface area contributed by atoms with Crippen LogP contribution in [0.25, 0.3) is 0 Å². The zero-order chi connectivity index (χ0) is 15.9. The smallest absolute Gasteiger partial charge is 0.0379 e. The molecule has 4 rings (SSSR count). The van der Waals surface area contributed by atoms with Crippen molar-refractivity contribution in [2.24, 2.45) is 5.92 Å². The second-order valence-corrected chi connectivity index (χ2v) is 8.50. The molecule has 1 saturated carbocycles. The minimum atomic E-state index is 0.411. The average Bonchev–Trinajstić information content (AvgIpc) is 2.74. The lowest BCUT2D eigenvalue weighted by molar-refractivity contribution is 0.105. The Morgan fingerprint density at radius 1 is 1.13 bits per heavy atom. The van der Waals surface area contributed by atoms with Crippen molar-refractivity contribution < 1.29 is 0 Å². The van der Waals surface area contributed by atoms with Crippen LogP contribution in [0.2, 0.25) is 0 Å². The highest BCUT2D eigenvalue weighted by Gasteiger charge is 2.42. The maximum absolute atomic E-state index is 3.68. The topological polar surface area (TPSA) is 15.3 Å². The van der Waals surface area contributed by atoms with E-state index in [0.29, 0.717) is 5.41 Å². The molecule has 0 amide bonds. The maximum atomic E-state index is 3.68. The van der Waals surface area contributed by atoms with E-state index in [4.69, 9.17) is 0 Å². The van der Waals surface area contributed by atoms with Crippen LogP contribution in [0.4, 0.5) is 5.69 Å². The Labute approximate surface area is 141 Å². The summed E-state index contributed by atoms with van der Waals surface area (Å²) in [7, 11) is 0. The lowest BCUT2D eigenvalue weighted by Gasteiger charge is -2.43. The van der Waals surface area contributed by atoms with Crippen LogP contribution in [-0.4, -0.2) is 30.6 Å². The van der Waals surface area contributed by atoms with Gasteiger partial charge in [0.15, 0.2) is 0 Å². The molecule has 0 bridgehead atoms. The Morgan fingerprint density at radius 2 is 1.91 bits per heavy atom. The largest absolute Gasteiger partial charge is 0.384 e. The quantitative estimate of drug-likeness (QED) is 0.755. The van der Waals surface area contributed by atoms with Crippen molar-refractivity contribution in [2.45, 2.75) is 70.3 Å². The highest BCUT2D eigenvalue weighted by atomic mass is 15.2. The van der Waals surface area contributed by atoms with Gasteiger partial charge in [-0.1, -0.05) is 43.9 Å². The van der Waals surface area contributed by atoms with E-state index in [2.05, 4.69) is 42.3 Å². The van der Waals surface area contributed by atoms with Crippen molar-refractivity contribution in [1.29, 1.82) is 0 Å². The molecule has 0 radical (unpaired) electrons. The van der Waals surface area contributed by atoms with Crippen molar-refractivity contribution in [3.63, 3.8) is 0 Å². The summed E-state index contributed by atoms with van der Waals surface area (Å²) in [5, 5.41) is 3.68. The number of rotatable bonds is 1. The van der Waals surface area contributed by atoms with Gasteiger partial charge in [0.1, 0.15) is 0 Å². The van der Waals surface area contributed by atoms with Crippen LogP contribution in [0.1, 0.15) is 63.0 Å². The number of hydrogen-bond acceptors (Lipinski definition) is 2. The number of aryl methyl sites for hydroxylation is 1. The normalized spacial score (nSPS) is 30.7. The van der Waals surface area contributed by atoms with Gasteiger partial charge in [0, 0.05) is 23.7 Å². The van der Waals surface area contributed by atoms with E-state index in [1.807, 2.05) is 0 Å². The number of nitrogens with zero attached hydrogens (tertiary/aromatic N) is 1. The van der Waals surface area contributed by atoms with Crippen molar-refractivity contribution >= 4 is 5.69 Å². The molecule has 1 aromatic carbocycles. The molecular weight excluding hydrogens is 280 g/mol. The number of benzene rings is 1. The van der Waals surface area contributed by atoms with Gasteiger partial charge >= 0.3 is 0 Å². The highest BCUT2D eigenvalue weighted by molar-refractivity contribution is 5.61. The molecule has 1 aromatic rings. The summed E-state index contributed by atoms with van der Waals surface area (Å²) in [5.41, 5.74) is 4.82. The van der Waals surface area contributed by atoms with Gasteiger partial charge in [-0.2, -0.15) is 0 Å². The Morgan fingerprint density at radius 3 is 2.74 bits per heavy atom. The van der Waals surface area contributed by atoms with Gasteiger partial charge in [0.05, 0.1) is 0 Å². The van der Waals surface area contributed by atoms with E-state index in [1.165, 1.54) is 69.3 Å². The molecular formula is C21H32N2. The van der Waals surface area contributed by atoms with Crippen LogP contribution in [0.15, 0.2) is 18.2 Å². The van der Waals surface area contributed by atoms with E-state index in [9.17, 15) is 0 Å². The van der Waals surface area contributed by atoms with Gasteiger partial charge < -0.3 is 10.2 Å². The molecule has 2 heteroatoms. The number of likely N-dealkylation sites (tertiary alicyclic amines) is 1. The van der Waals surface area contributed by atoms with E-state index < -0.39 is 0 Å². The van der Waals surface area contributed by atoms with E-state index in [1.54, 1.807) is 5.56 Å². The van der Waals surface area contributed by atoms with Gasteiger partial charge in [-0.05, 0) is 63.2 Å². The maximum Gasteiger partial charge on any atom is 0.0379 e. The average molecular weight is 313 g/mol. The lowest BCUT2D eigenvalue weighted by atomic mass is 9.73. The molecule has 1 aliphatic carbocycles. The number of fused-ring (bicyclic) bond motifs is 2. The predicted octanol–water partition coefficient (Wildman–Crippen LogP) is 4.72. The third kappa shape index (κ3) is 2.91. The van der Waals surface area contributed by atoms with Crippen molar-refractivity contribution in [1.82, 2.24) is 4.90 Å². The van der Waals surface area contributed by atoms with Crippen LogP contribution in [0.5, 0.6) is 0 Å². The first-order valence-corrected chi connectivity index (χ1v) is 9.75. The van der Waals surface area contributed by atoms with Crippen molar-refractivity contribution in [3.8, 4) is 0 Å². The number of piperidine rings is 1. The van der Waals surface area contributed by atoms with Crippen LogP contribution >= 0.6 is 0 Å². The van der Waals surface area contributed by atoms with Gasteiger partial charge in [-0.15, -0.1) is 0 Å². The van der Waals surface area contributed by atoms with Crippen molar-refractivity contribution in [2.75, 3.05) is 25.0 Å². The fourth-order valence-electron chi connectivity index (χ4n) is 5.28. The third-order valence-electron chi connectivity index (χ3n) is 6.79. The number of nitrogens with one attached hydrogen (secondary N) is 1. The van der Waals surface area contributed by atoms with E-state index >= 15 is 0 Å². The molecule has 2 heterocycles. The molecule has 0 aromatic heterocycles. The Bertz CT molecular complexity index is 557. The zero-order valence-corrected chi connectivity index (χ0v) is 14.9. The fourth-order valence-corrected chi connectivity index (χ4v) is 5.28. The molecule has 2 fully saturated rings. The summed E-state index contributed by atoms with van der Waals surface area (Å²) in [5.74, 6) is 0.926. The molecule has 23 heavy (non-hydrogen) atoms. The lowest BCUT2D eigenvalue weighted by Crippen LogP contribution is -2.48. The monoisotopic (exact) mass is 312 g/mol.